The third-order valence-electron chi connectivity index (χ3n) is 0.158. The highest BCUT2D eigenvalue weighted by atomic mass is 35.5. The van der Waals surface area contributed by atoms with Gasteiger partial charge < -0.3 is 0 Å². The average Bonchev–Trinajstić information content (AvgIpc) is 1.36. The molecule has 0 aromatic carbocycles. The molecule has 0 heterocycles. The highest BCUT2D eigenvalue weighted by Crippen LogP contribution is 1.82. The molecular formula is CH2ClNOS2. The first kappa shape index (κ1) is 6.49. The molecule has 1 unspecified atom stereocenters. The Morgan fingerprint density at radius 1 is 2.00 bits per heavy atom. The molecule has 0 aliphatic heterocycles. The predicted octanol–water partition coefficient (Wildman–Crippen LogP) is 0.299. The van der Waals surface area contributed by atoms with Gasteiger partial charge in [-0.2, -0.15) is 0 Å². The first-order chi connectivity index (χ1) is 2.64. The normalized spacial score (nSPS) is 13.7. The second-order valence-corrected chi connectivity index (χ2v) is 3.15. The van der Waals surface area contributed by atoms with E-state index >= 15 is 0 Å². The summed E-state index contributed by atoms with van der Waals surface area (Å²) in [6.07, 6.45) is 0. The van der Waals surface area contributed by atoms with Crippen molar-refractivity contribution in [1.82, 2.24) is 0 Å². The molecule has 0 rings (SSSR count). The Morgan fingerprint density at radius 2 is 2.17 bits per heavy atom. The lowest BCUT2D eigenvalue weighted by atomic mass is 11.8. The van der Waals surface area contributed by atoms with Gasteiger partial charge in [0.1, 0.15) is 0 Å². The fourth-order valence-electron chi connectivity index (χ4n) is 0. The Labute approximate surface area is 47.4 Å². The van der Waals surface area contributed by atoms with Gasteiger partial charge in [-0.25, -0.2) is 0 Å². The summed E-state index contributed by atoms with van der Waals surface area (Å²) >= 11 is 8.98. The van der Waals surface area contributed by atoms with E-state index in [-0.39, 0.29) is 0 Å². The fraction of sp³-hybridized carbons (Fsp3) is 0. The van der Waals surface area contributed by atoms with Gasteiger partial charge in [-0.3, -0.25) is 9.93 Å². The molecule has 0 aromatic rings. The quantitative estimate of drug-likeness (QED) is 0.496. The molecule has 2 nitrogen and oxygen atoms in total. The summed E-state index contributed by atoms with van der Waals surface area (Å²) < 4.78 is -0.648. The topological polar surface area (TPSA) is 43.1 Å². The maximum Gasteiger partial charge on any atom is 0.297 e. The van der Waals surface area contributed by atoms with E-state index in [0.717, 1.165) is 0 Å². The van der Waals surface area contributed by atoms with Gasteiger partial charge in [0.05, 0.1) is 0 Å². The molecule has 5 heteroatoms. The zero-order valence-electron chi connectivity index (χ0n) is 2.68. The molecule has 36 valence electrons. The second-order valence-electron chi connectivity index (χ2n) is 0.535. The van der Waals surface area contributed by atoms with Crippen LogP contribution in [0.3, 0.4) is 0 Å². The summed E-state index contributed by atoms with van der Waals surface area (Å²) in [6, 6.07) is 0. The van der Waals surface area contributed by atoms with Crippen LogP contribution in [0, 0.1) is 0 Å². The lowest BCUT2D eigenvalue weighted by Crippen LogP contribution is -2.05. The van der Waals surface area contributed by atoms with E-state index in [0.29, 0.717) is 0 Å². The highest BCUT2D eigenvalue weighted by molar-refractivity contribution is 8.37. The van der Waals surface area contributed by atoms with Crippen molar-refractivity contribution < 1.29 is 4.79 Å². The maximum absolute atomic E-state index is 9.69. The SMILES string of the molecule is NS(=S)C(=O)Cl. The van der Waals surface area contributed by atoms with Crippen molar-refractivity contribution in [3.8, 4) is 0 Å². The number of nitrogens with two attached hydrogens (primary N) is 1. The summed E-state index contributed by atoms with van der Waals surface area (Å²) in [5, 5.41) is 4.80. The van der Waals surface area contributed by atoms with Gasteiger partial charge in [0, 0.05) is 9.64 Å². The molecule has 0 radical (unpaired) electrons. The zero-order chi connectivity index (χ0) is 5.15. The lowest BCUT2D eigenvalue weighted by molar-refractivity contribution is 0.275. The van der Waals surface area contributed by atoms with E-state index in [9.17, 15) is 4.79 Å². The van der Waals surface area contributed by atoms with Crippen LogP contribution in [0.25, 0.3) is 0 Å². The van der Waals surface area contributed by atoms with Crippen molar-refractivity contribution in [1.29, 1.82) is 0 Å². The summed E-state index contributed by atoms with van der Waals surface area (Å²) in [4.78, 5) is 9.69. The minimum absolute atomic E-state index is 0.648. The van der Waals surface area contributed by atoms with Crippen LogP contribution in [0.5, 0.6) is 0 Å². The van der Waals surface area contributed by atoms with E-state index in [4.69, 9.17) is 16.7 Å². The van der Waals surface area contributed by atoms with Crippen LogP contribution in [0.4, 0.5) is 4.79 Å². The number of carbonyl (C=O) groups is 1. The van der Waals surface area contributed by atoms with Gasteiger partial charge in [-0.1, -0.05) is 0 Å². The van der Waals surface area contributed by atoms with Gasteiger partial charge >= 0.3 is 0 Å². The monoisotopic (exact) mass is 143 g/mol. The van der Waals surface area contributed by atoms with Crippen LogP contribution in [-0.2, 0) is 20.8 Å². The molecule has 0 fully saturated rings. The zero-order valence-corrected chi connectivity index (χ0v) is 5.07. The molecule has 0 saturated carbocycles. The van der Waals surface area contributed by atoms with Gasteiger partial charge in [-0.05, 0) is 22.8 Å². The molecule has 1 atom stereocenters. The molecular weight excluding hydrogens is 142 g/mol. The first-order valence-corrected chi connectivity index (χ1v) is 3.59. The Kier molecular flexibility index (Phi) is 2.84. The van der Waals surface area contributed by atoms with Crippen LogP contribution in [-0.4, -0.2) is 4.57 Å². The largest absolute Gasteiger partial charge is 0.297 e. The molecule has 0 aliphatic rings. The fourth-order valence-corrected chi connectivity index (χ4v) is 0. The smallest absolute Gasteiger partial charge is 0.267 e. The highest BCUT2D eigenvalue weighted by Gasteiger charge is 1.91. The maximum atomic E-state index is 9.69. The van der Waals surface area contributed by atoms with Crippen molar-refractivity contribution >= 4 is 37.0 Å². The molecule has 0 spiro atoms. The standard InChI is InChI=1S/CH2ClNOS2/c2-1(4)6(3)5/h3H2. The van der Waals surface area contributed by atoms with E-state index < -0.39 is 14.2 Å². The van der Waals surface area contributed by atoms with Crippen molar-refractivity contribution in [3.05, 3.63) is 0 Å². The van der Waals surface area contributed by atoms with Crippen molar-refractivity contribution in [3.63, 3.8) is 0 Å². The third-order valence-corrected chi connectivity index (χ3v) is 1.70. The Hall–Kier alpha value is 0.490. The van der Waals surface area contributed by atoms with E-state index in [1.54, 1.807) is 0 Å². The van der Waals surface area contributed by atoms with Crippen molar-refractivity contribution in [2.75, 3.05) is 0 Å². The Bertz CT molecular complexity index is 79.5. The lowest BCUT2D eigenvalue weighted by Gasteiger charge is -1.78. The summed E-state index contributed by atoms with van der Waals surface area (Å²) in [5.41, 5.74) is 0. The Balaban J connectivity index is 3.57. The predicted molar refractivity (Wildman–Crippen MR) is 30.2 cm³/mol. The minimum atomic E-state index is -1.16. The molecule has 0 saturated heterocycles. The molecule has 0 amide bonds. The van der Waals surface area contributed by atoms with Crippen LogP contribution < -0.4 is 5.14 Å². The number of halogens is 1. The van der Waals surface area contributed by atoms with Crippen LogP contribution in [0.15, 0.2) is 0 Å². The van der Waals surface area contributed by atoms with Crippen LogP contribution >= 0.6 is 11.6 Å². The van der Waals surface area contributed by atoms with Crippen LogP contribution in [0.1, 0.15) is 0 Å². The number of carbonyl (C=O) groups excluding carboxylic acids is 1. The van der Waals surface area contributed by atoms with Gasteiger partial charge in [-0.15, -0.1) is 0 Å². The van der Waals surface area contributed by atoms with E-state index in [1.165, 1.54) is 0 Å². The minimum Gasteiger partial charge on any atom is -0.267 e. The summed E-state index contributed by atoms with van der Waals surface area (Å²) in [6.45, 7) is 0. The number of hydrogen-bond acceptors (Lipinski definition) is 2. The average molecular weight is 144 g/mol. The third kappa shape index (κ3) is 2.71. The molecule has 0 aromatic heterocycles. The molecule has 0 bridgehead atoms. The van der Waals surface area contributed by atoms with E-state index in [1.807, 2.05) is 0 Å². The second kappa shape index (κ2) is 2.63. The van der Waals surface area contributed by atoms with Gasteiger partial charge in [0.2, 0.25) is 0 Å². The van der Waals surface area contributed by atoms with E-state index in [2.05, 4.69) is 11.2 Å². The van der Waals surface area contributed by atoms with Crippen molar-refractivity contribution in [2.24, 2.45) is 5.14 Å². The number of hydrogen-bond donors (Lipinski definition) is 1. The summed E-state index contributed by atoms with van der Waals surface area (Å²) in [5.74, 6) is 0. The number of rotatable bonds is 0. The Morgan fingerprint density at radius 3 is 2.17 bits per heavy atom. The van der Waals surface area contributed by atoms with Crippen molar-refractivity contribution in [2.45, 2.75) is 0 Å². The first-order valence-electron chi connectivity index (χ1n) is 1.000. The summed E-state index contributed by atoms with van der Waals surface area (Å²) in [7, 11) is -1.16. The van der Waals surface area contributed by atoms with Gasteiger partial charge in [0.15, 0.2) is 0 Å². The molecule has 6 heavy (non-hydrogen) atoms. The molecule has 0 aliphatic carbocycles. The van der Waals surface area contributed by atoms with Gasteiger partial charge in [0.25, 0.3) is 4.57 Å². The van der Waals surface area contributed by atoms with Crippen LogP contribution in [0.2, 0.25) is 0 Å². The molecule has 2 N–H and O–H groups in total.